The van der Waals surface area contributed by atoms with Crippen molar-refractivity contribution < 1.29 is 0 Å². The average Bonchev–Trinajstić information content (AvgIpc) is 2.87. The summed E-state index contributed by atoms with van der Waals surface area (Å²) in [4.78, 5) is 7.09. The number of nitrogens with zero attached hydrogens (tertiary/aromatic N) is 5. The van der Waals surface area contributed by atoms with Crippen LogP contribution in [0.25, 0.3) is 0 Å². The van der Waals surface area contributed by atoms with Crippen LogP contribution in [0.4, 0.5) is 0 Å². The van der Waals surface area contributed by atoms with E-state index < -0.39 is 0 Å². The maximum atomic E-state index is 4.75. The number of aliphatic imine (C=N–C) groups is 1. The standard InChI is InChI=1S/C15H26N6S/c1-5-7-16-15(21-8-9-22-13(6-2)11-21)17-10-14-19-18-12(3)20(14)4/h5,13H,1,6-11H2,2-4H3,(H,16,17). The van der Waals surface area contributed by atoms with E-state index in [1.165, 1.54) is 6.42 Å². The second-order valence-corrected chi connectivity index (χ2v) is 6.79. The molecule has 0 bridgehead atoms. The van der Waals surface area contributed by atoms with Gasteiger partial charge < -0.3 is 14.8 Å². The monoisotopic (exact) mass is 322 g/mol. The van der Waals surface area contributed by atoms with Crippen LogP contribution in [0, 0.1) is 6.92 Å². The van der Waals surface area contributed by atoms with Crippen molar-refractivity contribution in [2.45, 2.75) is 32.1 Å². The smallest absolute Gasteiger partial charge is 0.194 e. The van der Waals surface area contributed by atoms with E-state index in [4.69, 9.17) is 4.99 Å². The Hall–Kier alpha value is -1.50. The molecule has 1 aromatic rings. The molecular formula is C15H26N6S. The minimum absolute atomic E-state index is 0.539. The van der Waals surface area contributed by atoms with Gasteiger partial charge in [-0.05, 0) is 13.3 Å². The minimum atomic E-state index is 0.539. The molecule has 1 atom stereocenters. The van der Waals surface area contributed by atoms with E-state index in [0.717, 1.165) is 43.0 Å². The normalized spacial score (nSPS) is 19.3. The van der Waals surface area contributed by atoms with Crippen molar-refractivity contribution in [3.05, 3.63) is 24.3 Å². The van der Waals surface area contributed by atoms with Crippen LogP contribution in [-0.2, 0) is 13.6 Å². The predicted octanol–water partition coefficient (Wildman–Crippen LogP) is 1.58. The largest absolute Gasteiger partial charge is 0.353 e. The molecule has 1 N–H and O–H groups in total. The number of hydrogen-bond donors (Lipinski definition) is 1. The highest BCUT2D eigenvalue weighted by Crippen LogP contribution is 2.21. The molecular weight excluding hydrogens is 296 g/mol. The van der Waals surface area contributed by atoms with Gasteiger partial charge in [0.2, 0.25) is 0 Å². The summed E-state index contributed by atoms with van der Waals surface area (Å²) in [5.74, 6) is 3.88. The molecule has 122 valence electrons. The summed E-state index contributed by atoms with van der Waals surface area (Å²) < 4.78 is 1.98. The maximum Gasteiger partial charge on any atom is 0.194 e. The van der Waals surface area contributed by atoms with Crippen LogP contribution in [-0.4, -0.2) is 56.3 Å². The van der Waals surface area contributed by atoms with Crippen LogP contribution in [0.5, 0.6) is 0 Å². The van der Waals surface area contributed by atoms with E-state index in [1.807, 2.05) is 24.6 Å². The second kappa shape index (κ2) is 8.22. The summed E-state index contributed by atoms with van der Waals surface area (Å²) in [6.45, 7) is 11.3. The summed E-state index contributed by atoms with van der Waals surface area (Å²) in [5, 5.41) is 12.3. The number of aryl methyl sites for hydroxylation is 1. The third-order valence-electron chi connectivity index (χ3n) is 3.85. The lowest BCUT2D eigenvalue weighted by atomic mass is 10.3. The number of hydrogen-bond acceptors (Lipinski definition) is 4. The molecule has 6 nitrogen and oxygen atoms in total. The Bertz CT molecular complexity index is 524. The van der Waals surface area contributed by atoms with Crippen molar-refractivity contribution in [2.75, 3.05) is 25.4 Å². The van der Waals surface area contributed by atoms with Crippen molar-refractivity contribution >= 4 is 17.7 Å². The quantitative estimate of drug-likeness (QED) is 0.507. The van der Waals surface area contributed by atoms with Crippen LogP contribution < -0.4 is 5.32 Å². The zero-order valence-electron chi connectivity index (χ0n) is 13.7. The molecule has 1 saturated heterocycles. The van der Waals surface area contributed by atoms with Gasteiger partial charge in [-0.2, -0.15) is 11.8 Å². The molecule has 0 spiro atoms. The van der Waals surface area contributed by atoms with Crippen molar-refractivity contribution in [3.63, 3.8) is 0 Å². The van der Waals surface area contributed by atoms with Crippen LogP contribution >= 0.6 is 11.8 Å². The molecule has 0 radical (unpaired) electrons. The van der Waals surface area contributed by atoms with Crippen molar-refractivity contribution in [3.8, 4) is 0 Å². The third kappa shape index (κ3) is 4.25. The Labute approximate surface area is 137 Å². The number of guanidine groups is 1. The zero-order valence-corrected chi connectivity index (χ0v) is 14.6. The Morgan fingerprint density at radius 1 is 1.55 bits per heavy atom. The number of nitrogens with one attached hydrogen (secondary N) is 1. The van der Waals surface area contributed by atoms with Gasteiger partial charge in [-0.3, -0.25) is 0 Å². The first kappa shape index (κ1) is 16.9. The van der Waals surface area contributed by atoms with Crippen molar-refractivity contribution in [2.24, 2.45) is 12.0 Å². The summed E-state index contributed by atoms with van der Waals surface area (Å²) in [6, 6.07) is 0. The molecule has 0 amide bonds. The summed E-state index contributed by atoms with van der Waals surface area (Å²) >= 11 is 2.06. The average molecular weight is 322 g/mol. The lowest BCUT2D eigenvalue weighted by molar-refractivity contribution is 0.408. The summed E-state index contributed by atoms with van der Waals surface area (Å²) in [6.07, 6.45) is 3.05. The van der Waals surface area contributed by atoms with Gasteiger partial charge in [-0.1, -0.05) is 13.0 Å². The van der Waals surface area contributed by atoms with E-state index >= 15 is 0 Å². The molecule has 1 aliphatic heterocycles. The van der Waals surface area contributed by atoms with Gasteiger partial charge in [0.05, 0.1) is 0 Å². The van der Waals surface area contributed by atoms with E-state index in [0.29, 0.717) is 11.8 Å². The van der Waals surface area contributed by atoms with Gasteiger partial charge in [-0.15, -0.1) is 16.8 Å². The molecule has 2 rings (SSSR count). The molecule has 7 heteroatoms. The molecule has 1 aromatic heterocycles. The topological polar surface area (TPSA) is 58.3 Å². The van der Waals surface area contributed by atoms with E-state index in [2.05, 4.69) is 45.7 Å². The first-order valence-electron chi connectivity index (χ1n) is 7.76. The maximum absolute atomic E-state index is 4.75. The van der Waals surface area contributed by atoms with Gasteiger partial charge in [0.1, 0.15) is 12.4 Å². The van der Waals surface area contributed by atoms with Crippen LogP contribution in [0.1, 0.15) is 25.0 Å². The highest BCUT2D eigenvalue weighted by Gasteiger charge is 2.21. The lowest BCUT2D eigenvalue weighted by Crippen LogP contribution is -2.48. The zero-order chi connectivity index (χ0) is 15.9. The molecule has 0 saturated carbocycles. The third-order valence-corrected chi connectivity index (χ3v) is 5.22. The number of aromatic nitrogens is 3. The first-order valence-corrected chi connectivity index (χ1v) is 8.81. The first-order chi connectivity index (χ1) is 10.7. The molecule has 1 fully saturated rings. The number of thioether (sulfide) groups is 1. The second-order valence-electron chi connectivity index (χ2n) is 5.38. The Balaban J connectivity index is 2.08. The van der Waals surface area contributed by atoms with Gasteiger partial charge in [0.25, 0.3) is 0 Å². The van der Waals surface area contributed by atoms with Crippen LogP contribution in [0.3, 0.4) is 0 Å². The molecule has 22 heavy (non-hydrogen) atoms. The fourth-order valence-electron chi connectivity index (χ4n) is 2.32. The highest BCUT2D eigenvalue weighted by molar-refractivity contribution is 8.00. The van der Waals surface area contributed by atoms with Crippen LogP contribution in [0.2, 0.25) is 0 Å². The summed E-state index contributed by atoms with van der Waals surface area (Å²) in [7, 11) is 1.97. The Kier molecular flexibility index (Phi) is 6.30. The van der Waals surface area contributed by atoms with E-state index in [1.54, 1.807) is 0 Å². The van der Waals surface area contributed by atoms with Crippen molar-refractivity contribution in [1.29, 1.82) is 0 Å². The summed E-state index contributed by atoms with van der Waals surface area (Å²) in [5.41, 5.74) is 0. The number of rotatable bonds is 5. The van der Waals surface area contributed by atoms with Crippen molar-refractivity contribution in [1.82, 2.24) is 25.0 Å². The molecule has 0 aliphatic carbocycles. The van der Waals surface area contributed by atoms with Gasteiger partial charge in [0.15, 0.2) is 11.8 Å². The lowest BCUT2D eigenvalue weighted by Gasteiger charge is -2.34. The Morgan fingerprint density at radius 2 is 2.36 bits per heavy atom. The minimum Gasteiger partial charge on any atom is -0.353 e. The SMILES string of the molecule is C=CCNC(=NCc1nnc(C)n1C)N1CCSC(CC)C1. The van der Waals surface area contributed by atoms with Gasteiger partial charge in [-0.25, -0.2) is 4.99 Å². The Morgan fingerprint density at radius 3 is 3.00 bits per heavy atom. The van der Waals surface area contributed by atoms with E-state index in [9.17, 15) is 0 Å². The van der Waals surface area contributed by atoms with Gasteiger partial charge >= 0.3 is 0 Å². The fourth-order valence-corrected chi connectivity index (χ4v) is 3.50. The highest BCUT2D eigenvalue weighted by atomic mass is 32.2. The van der Waals surface area contributed by atoms with Gasteiger partial charge in [0, 0.05) is 37.7 Å². The molecule has 1 aliphatic rings. The predicted molar refractivity (Wildman–Crippen MR) is 93.2 cm³/mol. The van der Waals surface area contributed by atoms with E-state index in [-0.39, 0.29) is 0 Å². The molecule has 0 aromatic carbocycles. The van der Waals surface area contributed by atoms with Crippen LogP contribution in [0.15, 0.2) is 17.6 Å². The molecule has 2 heterocycles. The fraction of sp³-hybridized carbons (Fsp3) is 0.667. The molecule has 1 unspecified atom stereocenters.